The molecule has 8 heteroatoms. The minimum absolute atomic E-state index is 0.153. The predicted octanol–water partition coefficient (Wildman–Crippen LogP) is 4.24. The van der Waals surface area contributed by atoms with Crippen LogP contribution in [0.25, 0.3) is 17.5 Å². The number of carbonyl (C=O) groups is 2. The average molecular weight is 434 g/mol. The van der Waals surface area contributed by atoms with E-state index in [0.717, 1.165) is 5.56 Å². The van der Waals surface area contributed by atoms with Crippen LogP contribution in [0, 0.1) is 0 Å². The summed E-state index contributed by atoms with van der Waals surface area (Å²) in [6, 6.07) is 17.7. The van der Waals surface area contributed by atoms with Gasteiger partial charge in [-0.1, -0.05) is 66.4 Å². The maximum absolute atomic E-state index is 12.8. The van der Waals surface area contributed by atoms with Gasteiger partial charge in [0.25, 0.3) is 5.91 Å². The molecule has 0 unspecified atom stereocenters. The van der Waals surface area contributed by atoms with Gasteiger partial charge < -0.3 is 5.11 Å². The van der Waals surface area contributed by atoms with E-state index in [4.69, 9.17) is 17.3 Å². The number of amides is 1. The number of carboxylic acid groups (broad SMARTS) is 1. The van der Waals surface area contributed by atoms with Crippen LogP contribution in [0.15, 0.2) is 71.8 Å². The van der Waals surface area contributed by atoms with E-state index in [0.29, 0.717) is 32.9 Å². The second-order valence-electron chi connectivity index (χ2n) is 6.44. The first-order valence-corrected chi connectivity index (χ1v) is 10.2. The zero-order valence-corrected chi connectivity index (χ0v) is 17.2. The molecule has 0 bridgehead atoms. The third-order valence-corrected chi connectivity index (χ3v) is 5.78. The predicted molar refractivity (Wildman–Crippen MR) is 120 cm³/mol. The van der Waals surface area contributed by atoms with Gasteiger partial charge in [-0.2, -0.15) is 0 Å². The normalized spacial score (nSPS) is 15.1. The van der Waals surface area contributed by atoms with Gasteiger partial charge in [0.1, 0.15) is 4.32 Å². The molecule has 0 atom stereocenters. The maximum atomic E-state index is 12.8. The fourth-order valence-electron chi connectivity index (χ4n) is 2.89. The molecule has 148 valence electrons. The molecule has 30 heavy (non-hydrogen) atoms. The summed E-state index contributed by atoms with van der Waals surface area (Å²) in [6.45, 7) is 0.424. The Kier molecular flexibility index (Phi) is 5.69. The number of aromatic nitrogens is 2. The number of aromatic carboxylic acids is 1. The largest absolute Gasteiger partial charge is 0.478 e. The van der Waals surface area contributed by atoms with Gasteiger partial charge in [-0.15, -0.1) is 0 Å². The van der Waals surface area contributed by atoms with Crippen molar-refractivity contribution >= 4 is 46.3 Å². The maximum Gasteiger partial charge on any atom is 0.335 e. The lowest BCUT2D eigenvalue weighted by Crippen LogP contribution is -2.27. The smallest absolute Gasteiger partial charge is 0.335 e. The van der Waals surface area contributed by atoms with Crippen LogP contribution in [-0.2, 0) is 11.3 Å². The van der Waals surface area contributed by atoms with Crippen LogP contribution >= 0.6 is 24.0 Å². The Labute approximate surface area is 182 Å². The second-order valence-corrected chi connectivity index (χ2v) is 8.12. The van der Waals surface area contributed by atoms with E-state index in [1.165, 1.54) is 23.9 Å². The van der Waals surface area contributed by atoms with Crippen LogP contribution in [-0.4, -0.2) is 36.2 Å². The van der Waals surface area contributed by atoms with Crippen molar-refractivity contribution in [2.45, 2.75) is 6.54 Å². The third kappa shape index (κ3) is 4.29. The molecule has 0 aliphatic carbocycles. The molecule has 1 amide bonds. The summed E-state index contributed by atoms with van der Waals surface area (Å²) in [6.07, 6.45) is 3.30. The number of hydrogen-bond donors (Lipinski definition) is 1. The van der Waals surface area contributed by atoms with Crippen LogP contribution < -0.4 is 0 Å². The van der Waals surface area contributed by atoms with Gasteiger partial charge in [-0.05, 0) is 29.8 Å². The van der Waals surface area contributed by atoms with Crippen LogP contribution in [0.5, 0.6) is 0 Å². The number of rotatable bonds is 5. The van der Waals surface area contributed by atoms with Crippen molar-refractivity contribution in [3.63, 3.8) is 0 Å². The van der Waals surface area contributed by atoms with E-state index in [1.54, 1.807) is 35.4 Å². The highest BCUT2D eigenvalue weighted by molar-refractivity contribution is 8.26. The van der Waals surface area contributed by atoms with E-state index >= 15 is 0 Å². The van der Waals surface area contributed by atoms with Crippen LogP contribution in [0.1, 0.15) is 21.6 Å². The lowest BCUT2D eigenvalue weighted by molar-refractivity contribution is -0.122. The number of carboxylic acids is 1. The zero-order valence-electron chi connectivity index (χ0n) is 15.6. The molecule has 1 N–H and O–H groups in total. The molecule has 2 heterocycles. The quantitative estimate of drug-likeness (QED) is 0.476. The summed E-state index contributed by atoms with van der Waals surface area (Å²) in [5, 5.41) is 9.02. The monoisotopic (exact) mass is 433 g/mol. The molecule has 3 aromatic rings. The highest BCUT2D eigenvalue weighted by Gasteiger charge is 2.32. The summed E-state index contributed by atoms with van der Waals surface area (Å²) in [5.41, 5.74) is 2.45. The van der Waals surface area contributed by atoms with E-state index < -0.39 is 5.97 Å². The van der Waals surface area contributed by atoms with Crippen molar-refractivity contribution in [1.29, 1.82) is 0 Å². The average Bonchev–Trinajstić information content (AvgIpc) is 3.02. The fourth-order valence-corrected chi connectivity index (χ4v) is 4.13. The molecule has 0 radical (unpaired) electrons. The van der Waals surface area contributed by atoms with Crippen LogP contribution in [0.4, 0.5) is 0 Å². The van der Waals surface area contributed by atoms with Gasteiger partial charge >= 0.3 is 5.97 Å². The van der Waals surface area contributed by atoms with E-state index in [1.807, 2.05) is 30.3 Å². The van der Waals surface area contributed by atoms with Crippen molar-refractivity contribution in [3.05, 3.63) is 88.6 Å². The Bertz CT molecular complexity index is 1160. The van der Waals surface area contributed by atoms with Gasteiger partial charge in [-0.25, -0.2) is 14.8 Å². The molecule has 1 fully saturated rings. The molecule has 1 aliphatic rings. The van der Waals surface area contributed by atoms with Crippen molar-refractivity contribution in [2.24, 2.45) is 0 Å². The van der Waals surface area contributed by atoms with E-state index in [9.17, 15) is 9.59 Å². The van der Waals surface area contributed by atoms with Crippen molar-refractivity contribution in [1.82, 2.24) is 14.9 Å². The molecule has 1 aliphatic heterocycles. The lowest BCUT2D eigenvalue weighted by atomic mass is 10.1. The van der Waals surface area contributed by atoms with E-state index in [-0.39, 0.29) is 11.5 Å². The number of carbonyl (C=O) groups excluding carboxylic acids is 1. The number of nitrogens with zero attached hydrogens (tertiary/aromatic N) is 3. The van der Waals surface area contributed by atoms with Crippen molar-refractivity contribution in [3.8, 4) is 11.4 Å². The Morgan fingerprint density at radius 2 is 1.83 bits per heavy atom. The molecule has 4 rings (SSSR count). The first kappa shape index (κ1) is 19.9. The molecule has 2 aromatic carbocycles. The first-order valence-electron chi connectivity index (χ1n) is 8.97. The Morgan fingerprint density at radius 1 is 1.10 bits per heavy atom. The number of benzene rings is 2. The standard InChI is InChI=1S/C22H15N3O3S2/c26-20-18(30-22(29)25(20)13-14-4-2-1-3-5-14)12-17-10-11-23-19(24-17)15-6-8-16(9-7-15)21(27)28/h1-12H,13H2,(H,27,28)/b18-12-. The van der Waals surface area contributed by atoms with Gasteiger partial charge in [0.15, 0.2) is 5.82 Å². The number of thioether (sulfide) groups is 1. The van der Waals surface area contributed by atoms with Gasteiger partial charge in [0.05, 0.1) is 22.7 Å². The van der Waals surface area contributed by atoms with Crippen molar-refractivity contribution < 1.29 is 14.7 Å². The molecule has 1 aromatic heterocycles. The molecule has 0 saturated carbocycles. The fraction of sp³-hybridized carbons (Fsp3) is 0.0455. The highest BCUT2D eigenvalue weighted by Crippen LogP contribution is 2.33. The minimum Gasteiger partial charge on any atom is -0.478 e. The molecular formula is C22H15N3O3S2. The Hall–Kier alpha value is -3.36. The van der Waals surface area contributed by atoms with Gasteiger partial charge in [-0.3, -0.25) is 9.69 Å². The zero-order chi connectivity index (χ0) is 21.1. The first-order chi connectivity index (χ1) is 14.5. The summed E-state index contributed by atoms with van der Waals surface area (Å²) in [5.74, 6) is -0.700. The highest BCUT2D eigenvalue weighted by atomic mass is 32.2. The van der Waals surface area contributed by atoms with Crippen LogP contribution in [0.2, 0.25) is 0 Å². The summed E-state index contributed by atoms with van der Waals surface area (Å²) < 4.78 is 0.508. The molecular weight excluding hydrogens is 418 g/mol. The number of thiocarbonyl (C=S) groups is 1. The molecule has 0 spiro atoms. The van der Waals surface area contributed by atoms with Crippen molar-refractivity contribution in [2.75, 3.05) is 0 Å². The topological polar surface area (TPSA) is 83.4 Å². The van der Waals surface area contributed by atoms with Gasteiger partial charge in [0.2, 0.25) is 0 Å². The SMILES string of the molecule is O=C(O)c1ccc(-c2nccc(/C=C3\SC(=S)N(Cc4ccccc4)C3=O)n2)cc1. The lowest BCUT2D eigenvalue weighted by Gasteiger charge is -2.14. The summed E-state index contributed by atoms with van der Waals surface area (Å²) in [7, 11) is 0. The Balaban J connectivity index is 1.56. The molecule has 1 saturated heterocycles. The second kappa shape index (κ2) is 8.56. The summed E-state index contributed by atoms with van der Waals surface area (Å²) >= 11 is 6.64. The summed E-state index contributed by atoms with van der Waals surface area (Å²) in [4.78, 5) is 34.7. The van der Waals surface area contributed by atoms with Crippen LogP contribution in [0.3, 0.4) is 0 Å². The van der Waals surface area contributed by atoms with E-state index in [2.05, 4.69) is 9.97 Å². The number of hydrogen-bond acceptors (Lipinski definition) is 6. The van der Waals surface area contributed by atoms with Gasteiger partial charge in [0, 0.05) is 11.8 Å². The molecule has 6 nitrogen and oxygen atoms in total. The third-order valence-electron chi connectivity index (χ3n) is 4.40. The minimum atomic E-state index is -0.992. The Morgan fingerprint density at radius 3 is 2.53 bits per heavy atom.